The molecule has 1 aliphatic rings. The predicted molar refractivity (Wildman–Crippen MR) is 112 cm³/mol. The second kappa shape index (κ2) is 12.3. The molecule has 0 aromatic heterocycles. The van der Waals surface area contributed by atoms with Crippen LogP contribution in [0.15, 0.2) is 18.2 Å². The van der Waals surface area contributed by atoms with E-state index in [0.717, 1.165) is 37.2 Å². The summed E-state index contributed by atoms with van der Waals surface area (Å²) in [7, 11) is 1.61. The number of carboxylic acid groups (broad SMARTS) is 1. The molecule has 0 saturated heterocycles. The molecule has 1 fully saturated rings. The average Bonchev–Trinajstić information content (AvgIpc) is 2.71. The summed E-state index contributed by atoms with van der Waals surface area (Å²) in [5.74, 6) is 1.47. The van der Waals surface area contributed by atoms with Crippen molar-refractivity contribution in [1.82, 2.24) is 5.32 Å². The molecule has 29 heavy (non-hydrogen) atoms. The molecule has 0 unspecified atom stereocenters. The highest BCUT2D eigenvalue weighted by Gasteiger charge is 2.19. The number of rotatable bonds is 12. The Morgan fingerprint density at radius 1 is 1.07 bits per heavy atom. The number of nitrogens with one attached hydrogen (secondary N) is 1. The van der Waals surface area contributed by atoms with Crippen molar-refractivity contribution in [3.8, 4) is 11.5 Å². The molecule has 1 saturated carbocycles. The van der Waals surface area contributed by atoms with E-state index in [2.05, 4.69) is 12.2 Å². The van der Waals surface area contributed by atoms with E-state index in [0.29, 0.717) is 43.4 Å². The molecule has 0 aliphatic heterocycles. The molecule has 2 N–H and O–H groups in total. The number of hydrogen-bond acceptors (Lipinski definition) is 4. The van der Waals surface area contributed by atoms with Crippen molar-refractivity contribution in [1.29, 1.82) is 0 Å². The second-order valence-electron chi connectivity index (χ2n) is 8.06. The minimum absolute atomic E-state index is 0.116. The largest absolute Gasteiger partial charge is 0.493 e. The maximum absolute atomic E-state index is 12.3. The van der Waals surface area contributed by atoms with Gasteiger partial charge in [0, 0.05) is 18.9 Å². The fraction of sp³-hybridized carbons (Fsp3) is 0.652. The SMILES string of the molecule is COc1cc(CCC(=O)N[C@H]2CC[C@H](C)CC2)ccc1OCCCCCC(=O)O. The first kappa shape index (κ1) is 23.0. The van der Waals surface area contributed by atoms with Crippen LogP contribution >= 0.6 is 0 Å². The van der Waals surface area contributed by atoms with E-state index < -0.39 is 5.97 Å². The van der Waals surface area contributed by atoms with Crippen molar-refractivity contribution < 1.29 is 24.2 Å². The van der Waals surface area contributed by atoms with Crippen LogP contribution in [0.2, 0.25) is 0 Å². The molecule has 1 amide bonds. The minimum Gasteiger partial charge on any atom is -0.493 e. The maximum Gasteiger partial charge on any atom is 0.303 e. The lowest BCUT2D eigenvalue weighted by Crippen LogP contribution is -2.37. The molecule has 0 heterocycles. The minimum atomic E-state index is -0.759. The Morgan fingerprint density at radius 2 is 1.83 bits per heavy atom. The van der Waals surface area contributed by atoms with Gasteiger partial charge in [0.1, 0.15) is 0 Å². The summed E-state index contributed by atoms with van der Waals surface area (Å²) in [6.45, 7) is 2.80. The first-order chi connectivity index (χ1) is 14.0. The number of unbranched alkanes of at least 4 members (excludes halogenated alkanes) is 2. The van der Waals surface area contributed by atoms with Crippen LogP contribution in [0.5, 0.6) is 11.5 Å². The first-order valence-corrected chi connectivity index (χ1v) is 10.8. The molecule has 162 valence electrons. The van der Waals surface area contributed by atoms with Gasteiger partial charge >= 0.3 is 5.97 Å². The van der Waals surface area contributed by atoms with Crippen molar-refractivity contribution in [3.05, 3.63) is 23.8 Å². The van der Waals surface area contributed by atoms with Crippen molar-refractivity contribution in [3.63, 3.8) is 0 Å². The molecule has 6 heteroatoms. The predicted octanol–water partition coefficient (Wildman–Crippen LogP) is 4.35. The summed E-state index contributed by atoms with van der Waals surface area (Å²) < 4.78 is 11.2. The van der Waals surface area contributed by atoms with Crippen molar-refractivity contribution >= 4 is 11.9 Å². The van der Waals surface area contributed by atoms with Gasteiger partial charge in [0.05, 0.1) is 13.7 Å². The van der Waals surface area contributed by atoms with Gasteiger partial charge in [-0.15, -0.1) is 0 Å². The number of methoxy groups -OCH3 is 1. The number of carbonyl (C=O) groups excluding carboxylic acids is 1. The highest BCUT2D eigenvalue weighted by atomic mass is 16.5. The van der Waals surface area contributed by atoms with Crippen LogP contribution in [-0.2, 0) is 16.0 Å². The van der Waals surface area contributed by atoms with Gasteiger partial charge < -0.3 is 19.9 Å². The van der Waals surface area contributed by atoms with Crippen LogP contribution in [0, 0.1) is 5.92 Å². The normalized spacial score (nSPS) is 18.8. The van der Waals surface area contributed by atoms with Crippen LogP contribution in [0.4, 0.5) is 0 Å². The van der Waals surface area contributed by atoms with Gasteiger partial charge in [-0.25, -0.2) is 0 Å². The quantitative estimate of drug-likeness (QED) is 0.505. The van der Waals surface area contributed by atoms with Gasteiger partial charge in [-0.3, -0.25) is 9.59 Å². The second-order valence-corrected chi connectivity index (χ2v) is 8.06. The van der Waals surface area contributed by atoms with Gasteiger partial charge in [0.2, 0.25) is 5.91 Å². The Morgan fingerprint density at radius 3 is 2.52 bits per heavy atom. The lowest BCUT2D eigenvalue weighted by molar-refractivity contribution is -0.137. The average molecular weight is 406 g/mol. The molecule has 1 aromatic rings. The Hall–Kier alpha value is -2.24. The molecule has 1 aliphatic carbocycles. The zero-order chi connectivity index (χ0) is 21.1. The number of amides is 1. The molecule has 1 aromatic carbocycles. The van der Waals surface area contributed by atoms with Crippen LogP contribution in [0.1, 0.15) is 70.3 Å². The van der Waals surface area contributed by atoms with Crippen LogP contribution in [0.25, 0.3) is 0 Å². The van der Waals surface area contributed by atoms with Crippen LogP contribution < -0.4 is 14.8 Å². The summed E-state index contributed by atoms with van der Waals surface area (Å²) in [5.41, 5.74) is 1.04. The molecular formula is C23H35NO5. The van der Waals surface area contributed by atoms with Gasteiger partial charge in [0.15, 0.2) is 11.5 Å². The zero-order valence-electron chi connectivity index (χ0n) is 17.7. The van der Waals surface area contributed by atoms with Crippen LogP contribution in [-0.4, -0.2) is 36.7 Å². The number of aliphatic carboxylic acids is 1. The van der Waals surface area contributed by atoms with E-state index in [-0.39, 0.29) is 12.3 Å². The fourth-order valence-corrected chi connectivity index (χ4v) is 3.69. The van der Waals surface area contributed by atoms with Gasteiger partial charge in [-0.1, -0.05) is 13.0 Å². The van der Waals surface area contributed by atoms with Gasteiger partial charge in [-0.05, 0) is 75.0 Å². The summed E-state index contributed by atoms with van der Waals surface area (Å²) in [5, 5.41) is 11.8. The van der Waals surface area contributed by atoms with Crippen molar-refractivity contribution in [2.45, 2.75) is 77.2 Å². The standard InChI is InChI=1S/C23H35NO5/c1-17-7-11-19(12-8-17)24-22(25)14-10-18-9-13-20(21(16-18)28-2)29-15-5-3-4-6-23(26)27/h9,13,16-17,19H,3-8,10-12,14-15H2,1-2H3,(H,24,25)(H,26,27)/t17-,19-. The lowest BCUT2D eigenvalue weighted by atomic mass is 9.87. The van der Waals surface area contributed by atoms with Crippen molar-refractivity contribution in [2.24, 2.45) is 5.92 Å². The van der Waals surface area contributed by atoms with Gasteiger partial charge in [0.25, 0.3) is 0 Å². The third kappa shape index (κ3) is 8.75. The summed E-state index contributed by atoms with van der Waals surface area (Å²) >= 11 is 0. The molecule has 6 nitrogen and oxygen atoms in total. The Kier molecular flexibility index (Phi) is 9.81. The van der Waals surface area contributed by atoms with Crippen LogP contribution in [0.3, 0.4) is 0 Å². The van der Waals surface area contributed by atoms with Crippen molar-refractivity contribution in [2.75, 3.05) is 13.7 Å². The number of aryl methyl sites for hydroxylation is 1. The topological polar surface area (TPSA) is 84.9 Å². The Balaban J connectivity index is 1.73. The first-order valence-electron chi connectivity index (χ1n) is 10.8. The number of ether oxygens (including phenoxy) is 2. The van der Waals surface area contributed by atoms with Gasteiger partial charge in [-0.2, -0.15) is 0 Å². The third-order valence-corrected chi connectivity index (χ3v) is 5.54. The molecule has 0 radical (unpaired) electrons. The summed E-state index contributed by atoms with van der Waals surface area (Å²) in [4.78, 5) is 22.8. The lowest BCUT2D eigenvalue weighted by Gasteiger charge is -2.26. The van der Waals surface area contributed by atoms with E-state index in [1.54, 1.807) is 7.11 Å². The molecule has 0 spiro atoms. The third-order valence-electron chi connectivity index (χ3n) is 5.54. The number of hydrogen-bond donors (Lipinski definition) is 2. The highest BCUT2D eigenvalue weighted by Crippen LogP contribution is 2.29. The maximum atomic E-state index is 12.3. The van der Waals surface area contributed by atoms with E-state index in [1.807, 2.05) is 18.2 Å². The summed E-state index contributed by atoms with van der Waals surface area (Å²) in [6, 6.07) is 6.11. The monoisotopic (exact) mass is 405 g/mol. The smallest absolute Gasteiger partial charge is 0.303 e. The zero-order valence-corrected chi connectivity index (χ0v) is 17.7. The molecule has 0 bridgehead atoms. The molecular weight excluding hydrogens is 370 g/mol. The van der Waals surface area contributed by atoms with E-state index in [4.69, 9.17) is 14.6 Å². The number of carboxylic acids is 1. The molecule has 0 atom stereocenters. The van der Waals surface area contributed by atoms with E-state index >= 15 is 0 Å². The highest BCUT2D eigenvalue weighted by molar-refractivity contribution is 5.76. The summed E-state index contributed by atoms with van der Waals surface area (Å²) in [6.07, 6.45) is 8.19. The van der Waals surface area contributed by atoms with E-state index in [9.17, 15) is 9.59 Å². The fourth-order valence-electron chi connectivity index (χ4n) is 3.69. The Bertz CT molecular complexity index is 653. The number of benzene rings is 1. The molecule has 2 rings (SSSR count). The number of carbonyl (C=O) groups is 2. The Labute approximate surface area is 174 Å². The van der Waals surface area contributed by atoms with E-state index in [1.165, 1.54) is 12.8 Å².